The van der Waals surface area contributed by atoms with Crippen molar-refractivity contribution in [2.75, 3.05) is 18.2 Å². The molecule has 38 heavy (non-hydrogen) atoms. The number of rotatable bonds is 9. The fourth-order valence-corrected chi connectivity index (χ4v) is 5.52. The van der Waals surface area contributed by atoms with Gasteiger partial charge in [0.1, 0.15) is 22.1 Å². The van der Waals surface area contributed by atoms with Crippen LogP contribution in [0.4, 0.5) is 9.39 Å². The van der Waals surface area contributed by atoms with Gasteiger partial charge in [0.15, 0.2) is 17.1 Å². The molecule has 8 nitrogen and oxygen atoms in total. The smallest absolute Gasteiger partial charge is 0.341 e. The minimum absolute atomic E-state index is 0.0311. The van der Waals surface area contributed by atoms with E-state index in [-0.39, 0.29) is 16.7 Å². The molecular weight excluding hydrogens is 551 g/mol. The summed E-state index contributed by atoms with van der Waals surface area (Å²) in [6.45, 7) is 3.75. The Hall–Kier alpha value is -3.41. The molecule has 12 heteroatoms. The van der Waals surface area contributed by atoms with Gasteiger partial charge in [-0.15, -0.1) is 21.5 Å². The van der Waals surface area contributed by atoms with Gasteiger partial charge in [0.2, 0.25) is 5.91 Å². The highest BCUT2D eigenvalue weighted by Crippen LogP contribution is 2.36. The van der Waals surface area contributed by atoms with E-state index < -0.39 is 17.9 Å². The van der Waals surface area contributed by atoms with E-state index in [2.05, 4.69) is 15.5 Å². The second-order valence-electron chi connectivity index (χ2n) is 8.28. The van der Waals surface area contributed by atoms with Crippen LogP contribution in [0.25, 0.3) is 11.1 Å². The average molecular weight is 575 g/mol. The number of hydrogen-bond donors (Lipinski definition) is 1. The number of carbonyl (C=O) groups is 2. The van der Waals surface area contributed by atoms with E-state index in [1.54, 1.807) is 18.5 Å². The number of ether oxygens (including phenoxy) is 2. The van der Waals surface area contributed by atoms with Crippen molar-refractivity contribution in [3.63, 3.8) is 0 Å². The van der Waals surface area contributed by atoms with Crippen LogP contribution in [0.15, 0.2) is 53.0 Å². The van der Waals surface area contributed by atoms with Gasteiger partial charge < -0.3 is 19.4 Å². The average Bonchev–Trinajstić information content (AvgIpc) is 3.47. The molecule has 0 spiro atoms. The van der Waals surface area contributed by atoms with Crippen LogP contribution in [0.2, 0.25) is 5.02 Å². The Labute approximate surface area is 232 Å². The van der Waals surface area contributed by atoms with Gasteiger partial charge in [-0.25, -0.2) is 9.18 Å². The lowest BCUT2D eigenvalue weighted by atomic mass is 10.0. The Bertz CT molecular complexity index is 1470. The van der Waals surface area contributed by atoms with Crippen LogP contribution < -0.4 is 10.1 Å². The van der Waals surface area contributed by atoms with E-state index in [4.69, 9.17) is 21.1 Å². The van der Waals surface area contributed by atoms with Gasteiger partial charge >= 0.3 is 5.97 Å². The van der Waals surface area contributed by atoms with Gasteiger partial charge in [-0.2, -0.15) is 0 Å². The Kier molecular flexibility index (Phi) is 8.70. The Morgan fingerprint density at radius 3 is 2.63 bits per heavy atom. The summed E-state index contributed by atoms with van der Waals surface area (Å²) >= 11 is 8.50. The number of esters is 1. The van der Waals surface area contributed by atoms with Gasteiger partial charge in [-0.3, -0.25) is 4.79 Å². The first-order valence-electron chi connectivity index (χ1n) is 11.4. The van der Waals surface area contributed by atoms with Gasteiger partial charge in [0, 0.05) is 18.0 Å². The number of amides is 1. The molecule has 0 radical (unpaired) electrons. The third-order valence-electron chi connectivity index (χ3n) is 5.56. The third kappa shape index (κ3) is 6.17. The topological polar surface area (TPSA) is 95.3 Å². The maximum absolute atomic E-state index is 13.3. The number of thiophene rings is 1. The number of methoxy groups -OCH3 is 1. The van der Waals surface area contributed by atoms with E-state index in [1.807, 2.05) is 36.6 Å². The van der Waals surface area contributed by atoms with Crippen LogP contribution in [0.5, 0.6) is 5.75 Å². The zero-order valence-corrected chi connectivity index (χ0v) is 23.3. The molecule has 1 N–H and O–H groups in total. The van der Waals surface area contributed by atoms with Crippen molar-refractivity contribution in [3.8, 4) is 16.9 Å². The summed E-state index contributed by atoms with van der Waals surface area (Å²) in [4.78, 5) is 25.4. The summed E-state index contributed by atoms with van der Waals surface area (Å²) in [6, 6.07) is 11.6. The van der Waals surface area contributed by atoms with E-state index >= 15 is 0 Å². The summed E-state index contributed by atoms with van der Waals surface area (Å²) in [5.74, 6) is -0.453. The molecule has 2 aromatic heterocycles. The molecule has 0 aliphatic heterocycles. The first kappa shape index (κ1) is 27.6. The second kappa shape index (κ2) is 12.0. The fourth-order valence-electron chi connectivity index (χ4n) is 3.61. The molecule has 0 aliphatic rings. The molecule has 1 unspecified atom stereocenters. The normalized spacial score (nSPS) is 11.7. The number of aromatic nitrogens is 3. The SMILES string of the molecule is COC(=O)c1c(-c2ccc(C)cc2)csc1NC(=O)CSc1nnc(C(C)Oc2ccc(F)cc2Cl)n1C. The number of benzene rings is 2. The molecule has 0 bridgehead atoms. The maximum atomic E-state index is 13.3. The molecule has 0 saturated carbocycles. The number of nitrogens with zero attached hydrogens (tertiary/aromatic N) is 3. The minimum Gasteiger partial charge on any atom is -0.481 e. The fraction of sp³-hybridized carbons (Fsp3) is 0.231. The van der Waals surface area contributed by atoms with Crippen molar-refractivity contribution in [2.24, 2.45) is 7.05 Å². The van der Waals surface area contributed by atoms with Crippen molar-refractivity contribution < 1.29 is 23.5 Å². The zero-order chi connectivity index (χ0) is 27.4. The Morgan fingerprint density at radius 1 is 1.21 bits per heavy atom. The predicted molar refractivity (Wildman–Crippen MR) is 147 cm³/mol. The van der Waals surface area contributed by atoms with E-state index in [0.717, 1.165) is 11.1 Å². The molecule has 0 aliphatic carbocycles. The van der Waals surface area contributed by atoms with Crippen LogP contribution in [0.3, 0.4) is 0 Å². The van der Waals surface area contributed by atoms with Gasteiger partial charge in [-0.05, 0) is 37.6 Å². The minimum atomic E-state index is -0.535. The van der Waals surface area contributed by atoms with Crippen LogP contribution in [-0.4, -0.2) is 39.5 Å². The zero-order valence-electron chi connectivity index (χ0n) is 21.0. The molecule has 4 aromatic rings. The van der Waals surface area contributed by atoms with E-state index in [9.17, 15) is 14.0 Å². The Morgan fingerprint density at radius 2 is 1.95 bits per heavy atom. The van der Waals surface area contributed by atoms with Crippen molar-refractivity contribution in [3.05, 3.63) is 75.6 Å². The number of aryl methyl sites for hydroxylation is 1. The maximum Gasteiger partial charge on any atom is 0.341 e. The van der Waals surface area contributed by atoms with Gasteiger partial charge in [0.05, 0.1) is 17.9 Å². The molecule has 2 aromatic carbocycles. The quantitative estimate of drug-likeness (QED) is 0.185. The first-order valence-corrected chi connectivity index (χ1v) is 13.6. The van der Waals surface area contributed by atoms with Crippen molar-refractivity contribution in [1.29, 1.82) is 0 Å². The second-order valence-corrected chi connectivity index (χ2v) is 10.5. The largest absolute Gasteiger partial charge is 0.481 e. The standard InChI is InChI=1S/C26H24ClFN4O4S2/c1-14-5-7-16(8-6-14)18-12-37-24(22(18)25(34)35-4)29-21(33)13-38-26-31-30-23(32(26)3)15(2)36-20-10-9-17(28)11-19(20)27/h5-12,15H,13H2,1-4H3,(H,29,33). The lowest BCUT2D eigenvalue weighted by Gasteiger charge is -2.15. The molecule has 4 rings (SSSR count). The van der Waals surface area contributed by atoms with E-state index in [0.29, 0.717) is 32.9 Å². The lowest BCUT2D eigenvalue weighted by Crippen LogP contribution is -2.16. The Balaban J connectivity index is 1.43. The molecule has 1 amide bonds. The molecule has 0 fully saturated rings. The predicted octanol–water partition coefficient (Wildman–Crippen LogP) is 6.30. The lowest BCUT2D eigenvalue weighted by molar-refractivity contribution is -0.113. The number of nitrogens with one attached hydrogen (secondary N) is 1. The summed E-state index contributed by atoms with van der Waals surface area (Å²) in [5.41, 5.74) is 2.96. The van der Waals surface area contributed by atoms with Crippen molar-refractivity contribution in [2.45, 2.75) is 25.1 Å². The van der Waals surface area contributed by atoms with Crippen molar-refractivity contribution >= 4 is 51.6 Å². The van der Waals surface area contributed by atoms with E-state index in [1.165, 1.54) is 48.4 Å². The van der Waals surface area contributed by atoms with Crippen LogP contribution in [0, 0.1) is 12.7 Å². The highest BCUT2D eigenvalue weighted by atomic mass is 35.5. The molecule has 198 valence electrons. The molecule has 2 heterocycles. The monoisotopic (exact) mass is 574 g/mol. The summed E-state index contributed by atoms with van der Waals surface area (Å²) in [6.07, 6.45) is -0.535. The van der Waals surface area contributed by atoms with Gasteiger partial charge in [-0.1, -0.05) is 53.2 Å². The number of thioether (sulfide) groups is 1. The number of hydrogen-bond acceptors (Lipinski definition) is 8. The molecular formula is C26H24ClFN4O4S2. The van der Waals surface area contributed by atoms with Crippen LogP contribution >= 0.6 is 34.7 Å². The van der Waals surface area contributed by atoms with Crippen LogP contribution in [0.1, 0.15) is 34.8 Å². The van der Waals surface area contributed by atoms with Crippen molar-refractivity contribution in [1.82, 2.24) is 14.8 Å². The number of carbonyl (C=O) groups excluding carboxylic acids is 2. The summed E-state index contributed by atoms with van der Waals surface area (Å²) < 4.78 is 25.8. The molecule has 0 saturated heterocycles. The third-order valence-corrected chi connectivity index (χ3v) is 7.77. The molecule has 1 atom stereocenters. The number of anilines is 1. The first-order chi connectivity index (χ1) is 18.2. The summed E-state index contributed by atoms with van der Waals surface area (Å²) in [7, 11) is 3.06. The van der Waals surface area contributed by atoms with Gasteiger partial charge in [0.25, 0.3) is 0 Å². The highest BCUT2D eigenvalue weighted by molar-refractivity contribution is 7.99. The number of halogens is 2. The summed E-state index contributed by atoms with van der Waals surface area (Å²) in [5, 5.41) is 14.0. The van der Waals surface area contributed by atoms with Crippen LogP contribution in [-0.2, 0) is 16.6 Å². The highest BCUT2D eigenvalue weighted by Gasteiger charge is 2.23.